The number of hydrogen-bond donors (Lipinski definition) is 2. The molecular weight excluding hydrogens is 230 g/mol. The highest BCUT2D eigenvalue weighted by molar-refractivity contribution is 5.92. The van der Waals surface area contributed by atoms with Crippen molar-refractivity contribution in [2.45, 2.75) is 46.2 Å². The first kappa shape index (κ1) is 13.1. The lowest BCUT2D eigenvalue weighted by Crippen LogP contribution is -2.55. The van der Waals surface area contributed by atoms with Gasteiger partial charge in [0.25, 0.3) is 5.91 Å². The number of aryl methyl sites for hydroxylation is 2. The highest BCUT2D eigenvalue weighted by atomic mass is 16.4. The lowest BCUT2D eigenvalue weighted by atomic mass is 9.89. The highest BCUT2D eigenvalue weighted by Crippen LogP contribution is 2.17. The molecule has 5 heteroatoms. The third-order valence-corrected chi connectivity index (χ3v) is 3.63. The highest BCUT2D eigenvalue weighted by Gasteiger charge is 2.30. The molecule has 0 radical (unpaired) electrons. The van der Waals surface area contributed by atoms with Gasteiger partial charge in [0.2, 0.25) is 5.76 Å². The fourth-order valence-corrected chi connectivity index (χ4v) is 2.56. The summed E-state index contributed by atoms with van der Waals surface area (Å²) in [4.78, 5) is 16.3. The SMILES string of the molecule is Cc1nc(C)c(C(=O)NC2C(C)CCNC2C)o1. The van der Waals surface area contributed by atoms with Crippen molar-refractivity contribution in [3.8, 4) is 0 Å². The Morgan fingerprint density at radius 3 is 2.72 bits per heavy atom. The number of hydrogen-bond acceptors (Lipinski definition) is 4. The summed E-state index contributed by atoms with van der Waals surface area (Å²) in [6.45, 7) is 8.81. The molecule has 5 nitrogen and oxygen atoms in total. The van der Waals surface area contributed by atoms with Gasteiger partial charge in [-0.25, -0.2) is 4.98 Å². The molecule has 0 aliphatic carbocycles. The van der Waals surface area contributed by atoms with Crippen LogP contribution >= 0.6 is 0 Å². The number of carbonyl (C=O) groups is 1. The van der Waals surface area contributed by atoms with E-state index in [0.717, 1.165) is 13.0 Å². The van der Waals surface area contributed by atoms with Gasteiger partial charge in [0, 0.05) is 19.0 Å². The van der Waals surface area contributed by atoms with Crippen molar-refractivity contribution in [3.05, 3.63) is 17.3 Å². The summed E-state index contributed by atoms with van der Waals surface area (Å²) in [5, 5.41) is 6.43. The van der Waals surface area contributed by atoms with E-state index < -0.39 is 0 Å². The molecule has 18 heavy (non-hydrogen) atoms. The van der Waals surface area contributed by atoms with Crippen LogP contribution in [-0.2, 0) is 0 Å². The molecule has 1 amide bonds. The Kier molecular flexibility index (Phi) is 3.71. The van der Waals surface area contributed by atoms with Crippen molar-refractivity contribution >= 4 is 5.91 Å². The van der Waals surface area contributed by atoms with Crippen molar-refractivity contribution in [3.63, 3.8) is 0 Å². The Morgan fingerprint density at radius 1 is 1.44 bits per heavy atom. The van der Waals surface area contributed by atoms with E-state index in [4.69, 9.17) is 4.42 Å². The number of amides is 1. The van der Waals surface area contributed by atoms with Crippen molar-refractivity contribution in [1.82, 2.24) is 15.6 Å². The molecule has 2 rings (SSSR count). The maximum Gasteiger partial charge on any atom is 0.289 e. The molecular formula is C13H21N3O2. The molecule has 100 valence electrons. The quantitative estimate of drug-likeness (QED) is 0.834. The molecule has 1 aliphatic heterocycles. The lowest BCUT2D eigenvalue weighted by molar-refractivity contribution is 0.0867. The maximum absolute atomic E-state index is 12.2. The maximum atomic E-state index is 12.2. The first-order valence-corrected chi connectivity index (χ1v) is 6.47. The van der Waals surface area contributed by atoms with E-state index in [1.165, 1.54) is 0 Å². The minimum Gasteiger partial charge on any atom is -0.436 e. The van der Waals surface area contributed by atoms with Gasteiger partial charge in [-0.05, 0) is 32.7 Å². The first-order valence-electron chi connectivity index (χ1n) is 6.47. The van der Waals surface area contributed by atoms with Crippen LogP contribution in [0, 0.1) is 19.8 Å². The molecule has 0 bridgehead atoms. The van der Waals surface area contributed by atoms with Crippen molar-refractivity contribution in [2.75, 3.05) is 6.54 Å². The first-order chi connectivity index (χ1) is 8.49. The van der Waals surface area contributed by atoms with Crippen LogP contribution in [0.15, 0.2) is 4.42 Å². The topological polar surface area (TPSA) is 67.2 Å². The minimum absolute atomic E-state index is 0.135. The zero-order valence-corrected chi connectivity index (χ0v) is 11.4. The van der Waals surface area contributed by atoms with Gasteiger partial charge in [-0.2, -0.15) is 0 Å². The predicted octanol–water partition coefficient (Wildman–Crippen LogP) is 1.41. The van der Waals surface area contributed by atoms with Gasteiger partial charge < -0.3 is 15.1 Å². The normalized spacial score (nSPS) is 28.1. The van der Waals surface area contributed by atoms with Crippen LogP contribution in [0.5, 0.6) is 0 Å². The van der Waals surface area contributed by atoms with Crippen LogP contribution in [0.25, 0.3) is 0 Å². The zero-order chi connectivity index (χ0) is 13.3. The van der Waals surface area contributed by atoms with Crippen LogP contribution in [0.4, 0.5) is 0 Å². The molecule has 1 saturated heterocycles. The van der Waals surface area contributed by atoms with E-state index >= 15 is 0 Å². The molecule has 3 atom stereocenters. The lowest BCUT2D eigenvalue weighted by Gasteiger charge is -2.35. The molecule has 1 fully saturated rings. The van der Waals surface area contributed by atoms with E-state index in [9.17, 15) is 4.79 Å². The molecule has 0 aromatic carbocycles. The Morgan fingerprint density at radius 2 is 2.17 bits per heavy atom. The smallest absolute Gasteiger partial charge is 0.289 e. The third-order valence-electron chi connectivity index (χ3n) is 3.63. The van der Waals surface area contributed by atoms with Crippen LogP contribution in [-0.4, -0.2) is 29.5 Å². The largest absolute Gasteiger partial charge is 0.436 e. The van der Waals surface area contributed by atoms with E-state index in [1.807, 2.05) is 0 Å². The zero-order valence-electron chi connectivity index (χ0n) is 11.4. The standard InChI is InChI=1S/C13H21N3O2/c1-7-5-6-14-8(2)11(7)16-13(17)12-9(3)15-10(4)18-12/h7-8,11,14H,5-6H2,1-4H3,(H,16,17). The molecule has 3 unspecified atom stereocenters. The average molecular weight is 251 g/mol. The molecule has 1 aliphatic rings. The number of piperidine rings is 1. The predicted molar refractivity (Wildman–Crippen MR) is 68.5 cm³/mol. The van der Waals surface area contributed by atoms with Gasteiger partial charge in [-0.1, -0.05) is 6.92 Å². The summed E-state index contributed by atoms with van der Waals surface area (Å²) in [5.74, 6) is 1.16. The van der Waals surface area contributed by atoms with Crippen LogP contribution in [0.1, 0.15) is 42.4 Å². The second-order valence-electron chi connectivity index (χ2n) is 5.16. The summed E-state index contributed by atoms with van der Waals surface area (Å²) in [6, 6.07) is 0.415. The molecule has 2 N–H and O–H groups in total. The van der Waals surface area contributed by atoms with E-state index in [1.54, 1.807) is 13.8 Å². The minimum atomic E-state index is -0.166. The van der Waals surface area contributed by atoms with Crippen LogP contribution in [0.2, 0.25) is 0 Å². The number of nitrogens with one attached hydrogen (secondary N) is 2. The summed E-state index contributed by atoms with van der Waals surface area (Å²) in [7, 11) is 0. The summed E-state index contributed by atoms with van der Waals surface area (Å²) >= 11 is 0. The summed E-state index contributed by atoms with van der Waals surface area (Å²) in [6.07, 6.45) is 1.07. The molecule has 1 aromatic heterocycles. The second kappa shape index (κ2) is 5.10. The Labute approximate surface area is 107 Å². The Hall–Kier alpha value is -1.36. The van der Waals surface area contributed by atoms with Crippen LogP contribution < -0.4 is 10.6 Å². The molecule has 0 saturated carbocycles. The molecule has 1 aromatic rings. The van der Waals surface area contributed by atoms with Gasteiger partial charge >= 0.3 is 0 Å². The molecule has 2 heterocycles. The van der Waals surface area contributed by atoms with Crippen molar-refractivity contribution in [2.24, 2.45) is 5.92 Å². The average Bonchev–Trinajstić information content (AvgIpc) is 2.63. The van der Waals surface area contributed by atoms with Gasteiger partial charge in [0.15, 0.2) is 5.89 Å². The number of oxazole rings is 1. The fraction of sp³-hybridized carbons (Fsp3) is 0.692. The van der Waals surface area contributed by atoms with E-state index in [2.05, 4.69) is 29.5 Å². The van der Waals surface area contributed by atoms with Crippen LogP contribution in [0.3, 0.4) is 0 Å². The summed E-state index contributed by atoms with van der Waals surface area (Å²) in [5.41, 5.74) is 0.647. The number of nitrogens with zero attached hydrogens (tertiary/aromatic N) is 1. The number of aromatic nitrogens is 1. The van der Waals surface area contributed by atoms with Gasteiger partial charge in [-0.15, -0.1) is 0 Å². The number of carbonyl (C=O) groups excluding carboxylic acids is 1. The summed E-state index contributed by atoms with van der Waals surface area (Å²) < 4.78 is 5.34. The Bertz CT molecular complexity index is 431. The van der Waals surface area contributed by atoms with Crippen molar-refractivity contribution in [1.29, 1.82) is 0 Å². The van der Waals surface area contributed by atoms with Gasteiger partial charge in [-0.3, -0.25) is 4.79 Å². The van der Waals surface area contributed by atoms with Crippen molar-refractivity contribution < 1.29 is 9.21 Å². The van der Waals surface area contributed by atoms with Gasteiger partial charge in [0.1, 0.15) is 0 Å². The fourth-order valence-electron chi connectivity index (χ4n) is 2.56. The molecule has 0 spiro atoms. The second-order valence-corrected chi connectivity index (χ2v) is 5.16. The number of rotatable bonds is 2. The van der Waals surface area contributed by atoms with Gasteiger partial charge in [0.05, 0.1) is 5.69 Å². The van der Waals surface area contributed by atoms with E-state index in [-0.39, 0.29) is 18.0 Å². The monoisotopic (exact) mass is 251 g/mol. The Balaban J connectivity index is 2.08. The third kappa shape index (κ3) is 2.56. The van der Waals surface area contributed by atoms with E-state index in [0.29, 0.717) is 23.3 Å².